The molecule has 10 aromatic rings. The van der Waals surface area contributed by atoms with Gasteiger partial charge in [-0.05, 0) is 178 Å². The van der Waals surface area contributed by atoms with Crippen LogP contribution in [0.5, 0.6) is 0 Å². The van der Waals surface area contributed by atoms with Crippen LogP contribution in [0.4, 0.5) is 0 Å². The van der Waals surface area contributed by atoms with E-state index in [1.807, 2.05) is 0 Å². The van der Waals surface area contributed by atoms with Gasteiger partial charge in [0.2, 0.25) is 0 Å². The first-order chi connectivity index (χ1) is 31.1. The van der Waals surface area contributed by atoms with E-state index in [0.717, 1.165) is 19.3 Å². The van der Waals surface area contributed by atoms with Crippen LogP contribution in [0.1, 0.15) is 89.7 Å². The van der Waals surface area contributed by atoms with E-state index >= 15 is 0 Å². The largest absolute Gasteiger partial charge is 0.0620 e. The molecule has 0 aliphatic heterocycles. The highest BCUT2D eigenvalue weighted by Crippen LogP contribution is 2.53. The number of rotatable bonds is 6. The van der Waals surface area contributed by atoms with Crippen molar-refractivity contribution in [2.75, 3.05) is 0 Å². The first-order valence-electron chi connectivity index (χ1n) is 22.7. The Labute approximate surface area is 370 Å². The van der Waals surface area contributed by atoms with Crippen molar-refractivity contribution in [3.05, 3.63) is 272 Å². The van der Waals surface area contributed by atoms with E-state index in [1.165, 1.54) is 133 Å². The summed E-state index contributed by atoms with van der Waals surface area (Å²) in [6.45, 7) is 4.60. The van der Waals surface area contributed by atoms with Crippen LogP contribution in [0.2, 0.25) is 0 Å². The van der Waals surface area contributed by atoms with Gasteiger partial charge < -0.3 is 0 Å². The van der Waals surface area contributed by atoms with Crippen LogP contribution in [-0.4, -0.2) is 0 Å². The minimum absolute atomic E-state index is 0.0582. The lowest BCUT2D eigenvalue weighted by Crippen LogP contribution is -2.10. The third-order valence-electron chi connectivity index (χ3n) is 15.0. The highest BCUT2D eigenvalue weighted by atomic mass is 14.4. The summed E-state index contributed by atoms with van der Waals surface area (Å²) < 4.78 is 0. The highest BCUT2D eigenvalue weighted by Gasteiger charge is 2.34. The standard InChI is InChI=1S/C63H46/c1-38-17-3-7-21-42(38)62(52-31-15-29-46-44-23-9-5-19-40(44)33-54(46)52)60-36-58-56(48-25-11-13-27-50(48)60)35-57-49-26-12-14-28-51(49)61(37-59(57)58)63(43-22-8-4-18-39(43)2)53-32-16-30-47-45-24-10-6-20-41(45)34-55(47)53/h3-32,36-37,62-63H,33-35H2,1-2H3. The molecule has 0 fully saturated rings. The number of aryl methyl sites for hydroxylation is 2. The fourth-order valence-electron chi connectivity index (χ4n) is 12.2. The van der Waals surface area contributed by atoms with Crippen LogP contribution in [0.25, 0.3) is 54.9 Å². The van der Waals surface area contributed by atoms with Crippen molar-refractivity contribution in [1.82, 2.24) is 0 Å². The third kappa shape index (κ3) is 5.47. The molecule has 3 aliphatic carbocycles. The second-order valence-electron chi connectivity index (χ2n) is 18.2. The maximum atomic E-state index is 2.63. The van der Waals surface area contributed by atoms with Crippen molar-refractivity contribution < 1.29 is 0 Å². The molecule has 3 aliphatic rings. The van der Waals surface area contributed by atoms with Gasteiger partial charge in [0.05, 0.1) is 0 Å². The van der Waals surface area contributed by atoms with Gasteiger partial charge in [0.25, 0.3) is 0 Å². The van der Waals surface area contributed by atoms with Crippen molar-refractivity contribution in [2.45, 2.75) is 44.9 Å². The van der Waals surface area contributed by atoms with Crippen molar-refractivity contribution in [1.29, 1.82) is 0 Å². The molecule has 0 nitrogen and oxygen atoms in total. The van der Waals surface area contributed by atoms with Crippen LogP contribution in [0.15, 0.2) is 194 Å². The van der Waals surface area contributed by atoms with Gasteiger partial charge in [0.15, 0.2) is 0 Å². The topological polar surface area (TPSA) is 0 Å². The molecule has 0 saturated heterocycles. The van der Waals surface area contributed by atoms with Gasteiger partial charge in [-0.1, -0.05) is 182 Å². The quantitative estimate of drug-likeness (QED) is 0.147. The molecule has 298 valence electrons. The summed E-state index contributed by atoms with van der Waals surface area (Å²) in [7, 11) is 0. The summed E-state index contributed by atoms with van der Waals surface area (Å²) in [4.78, 5) is 0. The van der Waals surface area contributed by atoms with Crippen molar-refractivity contribution in [3.63, 3.8) is 0 Å². The molecule has 0 saturated carbocycles. The van der Waals surface area contributed by atoms with Gasteiger partial charge in [-0.15, -0.1) is 0 Å². The zero-order valence-corrected chi connectivity index (χ0v) is 35.8. The zero-order chi connectivity index (χ0) is 41.8. The Balaban J connectivity index is 1.08. The maximum absolute atomic E-state index is 2.63. The monoisotopic (exact) mass is 802 g/mol. The average Bonchev–Trinajstić information content (AvgIpc) is 4.03. The fraction of sp³-hybridized carbons (Fsp3) is 0.111. The molecule has 0 radical (unpaired) electrons. The van der Waals surface area contributed by atoms with Gasteiger partial charge >= 0.3 is 0 Å². The van der Waals surface area contributed by atoms with Crippen LogP contribution < -0.4 is 0 Å². The second-order valence-corrected chi connectivity index (χ2v) is 18.2. The van der Waals surface area contributed by atoms with Crippen LogP contribution >= 0.6 is 0 Å². The molecule has 2 atom stereocenters. The molecular formula is C63H46. The number of benzene rings is 10. The summed E-state index contributed by atoms with van der Waals surface area (Å²) in [5.41, 5.74) is 28.0. The minimum atomic E-state index is 0.0582. The molecule has 0 amide bonds. The molecule has 13 rings (SSSR count). The second kappa shape index (κ2) is 14.1. The van der Waals surface area contributed by atoms with E-state index in [0.29, 0.717) is 0 Å². The molecular weight excluding hydrogens is 757 g/mol. The van der Waals surface area contributed by atoms with E-state index in [9.17, 15) is 0 Å². The molecule has 0 bridgehead atoms. The lowest BCUT2D eigenvalue weighted by molar-refractivity contribution is 0.950. The Morgan fingerprint density at radius 2 is 0.635 bits per heavy atom. The lowest BCUT2D eigenvalue weighted by atomic mass is 9.76. The summed E-state index contributed by atoms with van der Waals surface area (Å²) in [5, 5.41) is 5.45. The SMILES string of the molecule is Cc1ccccc1C(c1cccc2c1Cc1ccccc1-2)c1cc2c(c3ccccc13)Cc1c-2cc(C(c2ccccc2C)c2cccc3c2Cc2ccccc2-3)c2ccccc12. The zero-order valence-electron chi connectivity index (χ0n) is 35.8. The third-order valence-corrected chi connectivity index (χ3v) is 15.0. The Kier molecular flexibility index (Phi) is 8.16. The van der Waals surface area contributed by atoms with Gasteiger partial charge in [-0.2, -0.15) is 0 Å². The van der Waals surface area contributed by atoms with Crippen LogP contribution in [0, 0.1) is 13.8 Å². The normalized spacial score (nSPS) is 13.9. The van der Waals surface area contributed by atoms with Gasteiger partial charge in [0, 0.05) is 11.8 Å². The Bertz CT molecular complexity index is 3290. The van der Waals surface area contributed by atoms with E-state index in [-0.39, 0.29) is 11.8 Å². The predicted molar refractivity (Wildman–Crippen MR) is 263 cm³/mol. The van der Waals surface area contributed by atoms with Crippen molar-refractivity contribution in [3.8, 4) is 33.4 Å². The Morgan fingerprint density at radius 1 is 0.270 bits per heavy atom. The first-order valence-corrected chi connectivity index (χ1v) is 22.7. The van der Waals surface area contributed by atoms with E-state index in [2.05, 4.69) is 208 Å². The number of hydrogen-bond donors (Lipinski definition) is 0. The molecule has 0 heterocycles. The van der Waals surface area contributed by atoms with Crippen LogP contribution in [0.3, 0.4) is 0 Å². The summed E-state index contributed by atoms with van der Waals surface area (Å²) >= 11 is 0. The van der Waals surface area contributed by atoms with Crippen molar-refractivity contribution in [2.24, 2.45) is 0 Å². The fourth-order valence-corrected chi connectivity index (χ4v) is 12.2. The highest BCUT2D eigenvalue weighted by molar-refractivity contribution is 6.04. The molecule has 10 aromatic carbocycles. The molecule has 63 heavy (non-hydrogen) atoms. The molecule has 2 unspecified atom stereocenters. The smallest absolute Gasteiger partial charge is 0.0352 e. The molecule has 0 heteroatoms. The molecule has 0 aromatic heterocycles. The summed E-state index contributed by atoms with van der Waals surface area (Å²) in [5.74, 6) is 0.116. The van der Waals surface area contributed by atoms with Crippen LogP contribution in [-0.2, 0) is 19.3 Å². The predicted octanol–water partition coefficient (Wildman–Crippen LogP) is 15.7. The van der Waals surface area contributed by atoms with Gasteiger partial charge in [-0.3, -0.25) is 0 Å². The lowest BCUT2D eigenvalue weighted by Gasteiger charge is -2.27. The maximum Gasteiger partial charge on any atom is 0.0352 e. The number of hydrogen-bond acceptors (Lipinski definition) is 0. The van der Waals surface area contributed by atoms with Gasteiger partial charge in [0.1, 0.15) is 0 Å². The minimum Gasteiger partial charge on any atom is -0.0620 e. The molecule has 0 spiro atoms. The Hall–Kier alpha value is -7.28. The van der Waals surface area contributed by atoms with E-state index in [4.69, 9.17) is 0 Å². The van der Waals surface area contributed by atoms with E-state index < -0.39 is 0 Å². The van der Waals surface area contributed by atoms with Gasteiger partial charge in [-0.25, -0.2) is 0 Å². The van der Waals surface area contributed by atoms with Crippen molar-refractivity contribution >= 4 is 21.5 Å². The van der Waals surface area contributed by atoms with E-state index in [1.54, 1.807) is 0 Å². The Morgan fingerprint density at radius 3 is 1.10 bits per heavy atom. The summed E-state index contributed by atoms with van der Waals surface area (Å²) in [6.07, 6.45) is 2.84. The average molecular weight is 803 g/mol. The number of fused-ring (bicyclic) bond motifs is 13. The first kappa shape index (κ1) is 36.4. The molecule has 0 N–H and O–H groups in total. The summed E-state index contributed by atoms with van der Waals surface area (Å²) in [6, 6.07) is 74.2.